The maximum absolute atomic E-state index is 13.3. The molecular weight excluding hydrogens is 352 g/mol. The molecule has 0 fully saturated rings. The number of hydrogen-bond acceptors (Lipinski definition) is 5. The van der Waals surface area contributed by atoms with Crippen LogP contribution in [-0.2, 0) is 10.0 Å². The molecule has 0 unspecified atom stereocenters. The molecule has 0 aliphatic rings. The molecular formula is C16H13F2N3O3S. The average molecular weight is 365 g/mol. The van der Waals surface area contributed by atoms with Crippen molar-refractivity contribution in [1.82, 2.24) is 10.1 Å². The highest BCUT2D eigenvalue weighted by Gasteiger charge is 2.20. The number of aromatic nitrogens is 2. The molecule has 1 aromatic heterocycles. The van der Waals surface area contributed by atoms with Crippen LogP contribution < -0.4 is 4.72 Å². The predicted octanol–water partition coefficient (Wildman–Crippen LogP) is 3.43. The lowest BCUT2D eigenvalue weighted by Gasteiger charge is -2.11. The summed E-state index contributed by atoms with van der Waals surface area (Å²) in [4.78, 5) is 4.02. The van der Waals surface area contributed by atoms with Gasteiger partial charge in [0.05, 0.1) is 10.6 Å². The topological polar surface area (TPSA) is 85.1 Å². The van der Waals surface area contributed by atoms with Crippen molar-refractivity contribution in [2.45, 2.75) is 18.7 Å². The Bertz CT molecular complexity index is 1050. The molecule has 130 valence electrons. The third-order valence-corrected chi connectivity index (χ3v) is 4.95. The minimum Gasteiger partial charge on any atom is -0.334 e. The maximum atomic E-state index is 13.3. The van der Waals surface area contributed by atoms with E-state index in [-0.39, 0.29) is 16.5 Å². The number of sulfonamides is 1. The maximum Gasteiger partial charge on any atom is 0.262 e. The highest BCUT2D eigenvalue weighted by molar-refractivity contribution is 7.92. The number of aryl methyl sites for hydroxylation is 2. The summed E-state index contributed by atoms with van der Waals surface area (Å²) in [5, 5.41) is 3.66. The average Bonchev–Trinajstić information content (AvgIpc) is 2.97. The summed E-state index contributed by atoms with van der Waals surface area (Å²) in [7, 11) is -4.03. The van der Waals surface area contributed by atoms with Crippen LogP contribution >= 0.6 is 0 Å². The lowest BCUT2D eigenvalue weighted by molar-refractivity contribution is 0.425. The van der Waals surface area contributed by atoms with E-state index in [2.05, 4.69) is 14.9 Å². The minimum atomic E-state index is -4.03. The number of anilines is 1. The Morgan fingerprint density at radius 2 is 1.80 bits per heavy atom. The van der Waals surface area contributed by atoms with E-state index in [1.807, 2.05) is 0 Å². The van der Waals surface area contributed by atoms with E-state index in [1.54, 1.807) is 26.0 Å². The van der Waals surface area contributed by atoms with Crippen molar-refractivity contribution in [3.05, 3.63) is 59.4 Å². The Morgan fingerprint density at radius 1 is 1.04 bits per heavy atom. The van der Waals surface area contributed by atoms with E-state index in [0.717, 1.165) is 18.2 Å². The third kappa shape index (κ3) is 3.50. The van der Waals surface area contributed by atoms with E-state index < -0.39 is 21.7 Å². The molecule has 6 nitrogen and oxygen atoms in total. The summed E-state index contributed by atoms with van der Waals surface area (Å²) >= 11 is 0. The van der Waals surface area contributed by atoms with Crippen molar-refractivity contribution in [3.8, 4) is 11.5 Å². The van der Waals surface area contributed by atoms with Gasteiger partial charge in [0.25, 0.3) is 15.9 Å². The zero-order chi connectivity index (χ0) is 18.2. The summed E-state index contributed by atoms with van der Waals surface area (Å²) in [5.74, 6) is -1.61. The Kier molecular flexibility index (Phi) is 4.25. The number of rotatable bonds is 4. The number of halogens is 2. The highest BCUT2D eigenvalue weighted by Crippen LogP contribution is 2.26. The minimum absolute atomic E-state index is 0.0365. The Morgan fingerprint density at radius 3 is 2.44 bits per heavy atom. The molecule has 1 heterocycles. The number of benzene rings is 2. The van der Waals surface area contributed by atoms with Crippen LogP contribution in [0.2, 0.25) is 0 Å². The second-order valence-electron chi connectivity index (χ2n) is 5.36. The monoisotopic (exact) mass is 365 g/mol. The molecule has 0 aliphatic carbocycles. The van der Waals surface area contributed by atoms with Crippen molar-refractivity contribution >= 4 is 15.7 Å². The van der Waals surface area contributed by atoms with Crippen LogP contribution in [0.3, 0.4) is 0 Å². The lowest BCUT2D eigenvalue weighted by Crippen LogP contribution is -2.14. The van der Waals surface area contributed by atoms with Crippen molar-refractivity contribution in [2.75, 3.05) is 4.72 Å². The van der Waals surface area contributed by atoms with Gasteiger partial charge in [0.15, 0.2) is 17.5 Å². The first-order valence-electron chi connectivity index (χ1n) is 7.15. The van der Waals surface area contributed by atoms with E-state index in [9.17, 15) is 17.2 Å². The van der Waals surface area contributed by atoms with Crippen LogP contribution in [-0.4, -0.2) is 18.6 Å². The van der Waals surface area contributed by atoms with Gasteiger partial charge in [0.2, 0.25) is 0 Å². The molecule has 1 N–H and O–H groups in total. The SMILES string of the molecule is Cc1noc(-c2ccc(C)c(S(=O)(=O)Nc3ccc(F)c(F)c3)c2)n1. The first-order chi connectivity index (χ1) is 11.8. The summed E-state index contributed by atoms with van der Waals surface area (Å²) in [6, 6.07) is 7.37. The first kappa shape index (κ1) is 17.0. The van der Waals surface area contributed by atoms with Gasteiger partial charge in [-0.25, -0.2) is 17.2 Å². The van der Waals surface area contributed by atoms with Gasteiger partial charge in [-0.15, -0.1) is 0 Å². The summed E-state index contributed by atoms with van der Waals surface area (Å²) in [5.41, 5.74) is 0.810. The molecule has 0 aliphatic heterocycles. The van der Waals surface area contributed by atoms with Crippen molar-refractivity contribution in [3.63, 3.8) is 0 Å². The molecule has 0 saturated carbocycles. The van der Waals surface area contributed by atoms with Gasteiger partial charge in [0, 0.05) is 11.6 Å². The Hall–Kier alpha value is -2.81. The highest BCUT2D eigenvalue weighted by atomic mass is 32.2. The second-order valence-corrected chi connectivity index (χ2v) is 7.01. The Labute approximate surface area is 142 Å². The molecule has 3 rings (SSSR count). The fraction of sp³-hybridized carbons (Fsp3) is 0.125. The van der Waals surface area contributed by atoms with Crippen LogP contribution in [0.15, 0.2) is 45.8 Å². The number of nitrogens with one attached hydrogen (secondary N) is 1. The quantitative estimate of drug-likeness (QED) is 0.766. The van der Waals surface area contributed by atoms with Gasteiger partial charge in [-0.3, -0.25) is 4.72 Å². The first-order valence-corrected chi connectivity index (χ1v) is 8.64. The zero-order valence-electron chi connectivity index (χ0n) is 13.2. The van der Waals surface area contributed by atoms with E-state index in [1.165, 1.54) is 6.07 Å². The molecule has 0 atom stereocenters. The van der Waals surface area contributed by atoms with Gasteiger partial charge in [-0.05, 0) is 43.7 Å². The fourth-order valence-electron chi connectivity index (χ4n) is 2.21. The lowest BCUT2D eigenvalue weighted by atomic mass is 10.1. The molecule has 0 saturated heterocycles. The van der Waals surface area contributed by atoms with Crippen molar-refractivity contribution in [2.24, 2.45) is 0 Å². The van der Waals surface area contributed by atoms with Crippen molar-refractivity contribution < 1.29 is 21.7 Å². The van der Waals surface area contributed by atoms with Crippen LogP contribution in [0.1, 0.15) is 11.4 Å². The second kappa shape index (κ2) is 6.25. The van der Waals surface area contributed by atoms with Gasteiger partial charge < -0.3 is 4.52 Å². The number of hydrogen-bond donors (Lipinski definition) is 1. The summed E-state index contributed by atoms with van der Waals surface area (Å²) in [6.45, 7) is 3.26. The predicted molar refractivity (Wildman–Crippen MR) is 86.4 cm³/mol. The van der Waals surface area contributed by atoms with E-state index in [0.29, 0.717) is 17.0 Å². The van der Waals surface area contributed by atoms with Crippen LogP contribution in [0, 0.1) is 25.5 Å². The smallest absolute Gasteiger partial charge is 0.262 e. The van der Waals surface area contributed by atoms with Crippen LogP contribution in [0.4, 0.5) is 14.5 Å². The van der Waals surface area contributed by atoms with Gasteiger partial charge in [-0.2, -0.15) is 4.98 Å². The van der Waals surface area contributed by atoms with E-state index in [4.69, 9.17) is 4.52 Å². The van der Waals surface area contributed by atoms with Gasteiger partial charge in [-0.1, -0.05) is 11.2 Å². The molecule has 0 spiro atoms. The molecule has 25 heavy (non-hydrogen) atoms. The number of nitrogens with zero attached hydrogens (tertiary/aromatic N) is 2. The largest absolute Gasteiger partial charge is 0.334 e. The molecule has 0 radical (unpaired) electrons. The molecule has 2 aromatic carbocycles. The molecule has 9 heteroatoms. The van der Waals surface area contributed by atoms with Crippen LogP contribution in [0.5, 0.6) is 0 Å². The van der Waals surface area contributed by atoms with E-state index >= 15 is 0 Å². The third-order valence-electron chi connectivity index (χ3n) is 3.42. The summed E-state index contributed by atoms with van der Waals surface area (Å²) < 4.78 is 58.8. The van der Waals surface area contributed by atoms with Gasteiger partial charge in [0.1, 0.15) is 0 Å². The Balaban J connectivity index is 2.00. The van der Waals surface area contributed by atoms with Gasteiger partial charge >= 0.3 is 0 Å². The summed E-state index contributed by atoms with van der Waals surface area (Å²) in [6.07, 6.45) is 0. The molecule has 0 amide bonds. The fourth-order valence-corrected chi connectivity index (χ4v) is 3.53. The normalized spacial score (nSPS) is 11.5. The molecule has 3 aromatic rings. The standard InChI is InChI=1S/C16H13F2N3O3S/c1-9-3-4-11(16-19-10(2)20-24-16)7-15(9)25(22,23)21-12-5-6-13(17)14(18)8-12/h3-8,21H,1-2H3. The van der Waals surface area contributed by atoms with Crippen LogP contribution in [0.25, 0.3) is 11.5 Å². The van der Waals surface area contributed by atoms with Crippen molar-refractivity contribution in [1.29, 1.82) is 0 Å². The zero-order valence-corrected chi connectivity index (χ0v) is 14.1. The molecule has 0 bridgehead atoms.